The number of hydrogen-bond donors (Lipinski definition) is 1. The van der Waals surface area contributed by atoms with Crippen LogP contribution in [0.2, 0.25) is 5.02 Å². The fourth-order valence-corrected chi connectivity index (χ4v) is 3.24. The van der Waals surface area contributed by atoms with Gasteiger partial charge in [-0.15, -0.1) is 0 Å². The van der Waals surface area contributed by atoms with E-state index in [-0.39, 0.29) is 11.8 Å². The van der Waals surface area contributed by atoms with E-state index in [1.54, 1.807) is 31.2 Å². The van der Waals surface area contributed by atoms with Crippen molar-refractivity contribution in [3.8, 4) is 5.75 Å². The molecule has 1 aromatic rings. The van der Waals surface area contributed by atoms with Crippen molar-refractivity contribution < 1.29 is 9.53 Å². The average molecular weight is 311 g/mol. The van der Waals surface area contributed by atoms with Gasteiger partial charge in [-0.1, -0.05) is 24.4 Å². The molecule has 0 saturated heterocycles. The van der Waals surface area contributed by atoms with E-state index < -0.39 is 5.54 Å². The molecule has 0 aliphatic heterocycles. The second-order valence-electron chi connectivity index (χ2n) is 6.02. The first-order valence-electron chi connectivity index (χ1n) is 7.27. The smallest absolute Gasteiger partial charge is 0.231 e. The molecule has 0 radical (unpaired) electrons. The Morgan fingerprint density at radius 1 is 1.48 bits per heavy atom. The highest BCUT2D eigenvalue weighted by Gasteiger charge is 2.39. The molecule has 2 rings (SSSR count). The Morgan fingerprint density at radius 3 is 2.76 bits per heavy atom. The fourth-order valence-electron chi connectivity index (χ4n) is 2.99. The Kier molecular flexibility index (Phi) is 4.79. The second kappa shape index (κ2) is 6.24. The molecule has 1 aliphatic rings. The molecule has 116 valence electrons. The van der Waals surface area contributed by atoms with Crippen molar-refractivity contribution in [3.63, 3.8) is 0 Å². The van der Waals surface area contributed by atoms with Crippen LogP contribution < -0.4 is 15.4 Å². The number of hydrogen-bond acceptors (Lipinski definition) is 3. The van der Waals surface area contributed by atoms with Gasteiger partial charge in [0.05, 0.1) is 18.1 Å². The first-order valence-corrected chi connectivity index (χ1v) is 7.64. The number of ether oxygens (including phenoxy) is 1. The van der Waals surface area contributed by atoms with Crippen LogP contribution in [0.3, 0.4) is 0 Å². The summed E-state index contributed by atoms with van der Waals surface area (Å²) in [5.74, 6) is 0.514. The summed E-state index contributed by atoms with van der Waals surface area (Å²) in [6.45, 7) is 1.98. The minimum Gasteiger partial charge on any atom is -0.495 e. The van der Waals surface area contributed by atoms with Crippen molar-refractivity contribution in [1.82, 2.24) is 0 Å². The number of carbonyl (C=O) groups excluding carboxylic acids is 1. The van der Waals surface area contributed by atoms with Gasteiger partial charge >= 0.3 is 0 Å². The molecule has 0 spiro atoms. The van der Waals surface area contributed by atoms with Crippen molar-refractivity contribution >= 4 is 23.2 Å². The Labute approximate surface area is 131 Å². The van der Waals surface area contributed by atoms with Gasteiger partial charge < -0.3 is 15.4 Å². The van der Waals surface area contributed by atoms with Gasteiger partial charge in [-0.25, -0.2) is 0 Å². The average Bonchev–Trinajstić information content (AvgIpc) is 2.45. The number of halogens is 1. The van der Waals surface area contributed by atoms with Crippen LogP contribution in [-0.4, -0.2) is 25.6 Å². The summed E-state index contributed by atoms with van der Waals surface area (Å²) >= 11 is 6.13. The van der Waals surface area contributed by atoms with Crippen molar-refractivity contribution in [3.05, 3.63) is 23.2 Å². The quantitative estimate of drug-likeness (QED) is 0.932. The second-order valence-corrected chi connectivity index (χ2v) is 6.43. The molecule has 4 nitrogen and oxygen atoms in total. The molecule has 0 bridgehead atoms. The van der Waals surface area contributed by atoms with E-state index >= 15 is 0 Å². The first-order chi connectivity index (χ1) is 9.86. The molecule has 1 fully saturated rings. The third kappa shape index (κ3) is 3.33. The van der Waals surface area contributed by atoms with Gasteiger partial charge in [-0.05, 0) is 38.0 Å². The maximum atomic E-state index is 12.8. The van der Waals surface area contributed by atoms with E-state index in [4.69, 9.17) is 22.1 Å². The highest BCUT2D eigenvalue weighted by molar-refractivity contribution is 6.32. The van der Waals surface area contributed by atoms with Crippen LogP contribution in [0.5, 0.6) is 5.75 Å². The molecular formula is C16H23ClN2O2. The van der Waals surface area contributed by atoms with Gasteiger partial charge in [-0.2, -0.15) is 0 Å². The lowest BCUT2D eigenvalue weighted by atomic mass is 9.74. The molecule has 2 N–H and O–H groups in total. The molecular weight excluding hydrogens is 288 g/mol. The number of methoxy groups -OCH3 is 1. The topological polar surface area (TPSA) is 55.6 Å². The van der Waals surface area contributed by atoms with E-state index in [2.05, 4.69) is 0 Å². The summed E-state index contributed by atoms with van der Waals surface area (Å²) in [6.07, 6.45) is 3.88. The molecule has 0 aromatic heterocycles. The van der Waals surface area contributed by atoms with E-state index in [0.29, 0.717) is 10.8 Å². The van der Waals surface area contributed by atoms with Crippen LogP contribution in [-0.2, 0) is 4.79 Å². The van der Waals surface area contributed by atoms with Crippen molar-refractivity contribution in [2.75, 3.05) is 19.1 Å². The standard InChI is InChI=1S/C16H23ClN2O2/c1-16(18)9-5-4-6-12(16)15(20)19(2)11-7-8-14(21-3)13(17)10-11/h7-8,10,12H,4-6,9,18H2,1-3H3. The van der Waals surface area contributed by atoms with Gasteiger partial charge in [0.1, 0.15) is 5.75 Å². The zero-order chi connectivity index (χ0) is 15.6. The van der Waals surface area contributed by atoms with Crippen molar-refractivity contribution in [1.29, 1.82) is 0 Å². The zero-order valence-electron chi connectivity index (χ0n) is 12.9. The van der Waals surface area contributed by atoms with Crippen molar-refractivity contribution in [2.45, 2.75) is 38.1 Å². The lowest BCUT2D eigenvalue weighted by Crippen LogP contribution is -2.53. The number of rotatable bonds is 3. The fraction of sp³-hybridized carbons (Fsp3) is 0.562. The van der Waals surface area contributed by atoms with Gasteiger partial charge in [0.25, 0.3) is 0 Å². The van der Waals surface area contributed by atoms with E-state index in [0.717, 1.165) is 31.4 Å². The van der Waals surface area contributed by atoms with E-state index in [1.165, 1.54) is 0 Å². The summed E-state index contributed by atoms with van der Waals surface area (Å²) in [6, 6.07) is 5.35. The minimum absolute atomic E-state index is 0.0564. The number of amides is 1. The van der Waals surface area contributed by atoms with E-state index in [9.17, 15) is 4.79 Å². The summed E-state index contributed by atoms with van der Waals surface area (Å²) in [5.41, 5.74) is 6.65. The van der Waals surface area contributed by atoms with Gasteiger partial charge in [0.2, 0.25) is 5.91 Å². The molecule has 1 aliphatic carbocycles. The molecule has 1 amide bonds. The molecule has 21 heavy (non-hydrogen) atoms. The molecule has 0 heterocycles. The molecule has 2 atom stereocenters. The molecule has 5 heteroatoms. The predicted octanol–water partition coefficient (Wildman–Crippen LogP) is 3.22. The summed E-state index contributed by atoms with van der Waals surface area (Å²) in [7, 11) is 3.34. The SMILES string of the molecule is COc1ccc(N(C)C(=O)C2CCCCC2(C)N)cc1Cl. The highest BCUT2D eigenvalue weighted by atomic mass is 35.5. The van der Waals surface area contributed by atoms with Crippen molar-refractivity contribution in [2.24, 2.45) is 11.7 Å². The Balaban J connectivity index is 2.20. The molecule has 2 unspecified atom stereocenters. The number of anilines is 1. The van der Waals surface area contributed by atoms with Crippen LogP contribution in [0.4, 0.5) is 5.69 Å². The summed E-state index contributed by atoms with van der Waals surface area (Å²) < 4.78 is 5.13. The monoisotopic (exact) mass is 310 g/mol. The number of nitrogens with zero attached hydrogens (tertiary/aromatic N) is 1. The lowest BCUT2D eigenvalue weighted by molar-refractivity contribution is -0.125. The number of benzene rings is 1. The van der Waals surface area contributed by atoms with Crippen LogP contribution >= 0.6 is 11.6 Å². The van der Waals surface area contributed by atoms with Crippen LogP contribution in [0.25, 0.3) is 0 Å². The Hall–Kier alpha value is -1.26. The third-order valence-corrected chi connectivity index (χ3v) is 4.70. The maximum absolute atomic E-state index is 12.8. The normalized spacial score (nSPS) is 25.5. The highest BCUT2D eigenvalue weighted by Crippen LogP contribution is 2.35. The van der Waals surface area contributed by atoms with Crippen LogP contribution in [0.15, 0.2) is 18.2 Å². The molecule has 1 saturated carbocycles. The van der Waals surface area contributed by atoms with Crippen LogP contribution in [0, 0.1) is 5.92 Å². The predicted molar refractivity (Wildman–Crippen MR) is 86.0 cm³/mol. The van der Waals surface area contributed by atoms with Gasteiger partial charge in [-0.3, -0.25) is 4.79 Å². The lowest BCUT2D eigenvalue weighted by Gasteiger charge is -2.39. The maximum Gasteiger partial charge on any atom is 0.231 e. The summed E-state index contributed by atoms with van der Waals surface area (Å²) in [5, 5.41) is 0.494. The largest absolute Gasteiger partial charge is 0.495 e. The van der Waals surface area contributed by atoms with E-state index in [1.807, 2.05) is 13.0 Å². The zero-order valence-corrected chi connectivity index (χ0v) is 13.6. The van der Waals surface area contributed by atoms with Gasteiger partial charge in [0, 0.05) is 18.3 Å². The summed E-state index contributed by atoms with van der Waals surface area (Å²) in [4.78, 5) is 14.4. The number of carbonyl (C=O) groups is 1. The minimum atomic E-state index is -0.431. The Bertz CT molecular complexity index is 531. The first kappa shape index (κ1) is 16.1. The molecule has 1 aromatic carbocycles. The third-order valence-electron chi connectivity index (χ3n) is 4.41. The van der Waals surface area contributed by atoms with Crippen LogP contribution in [0.1, 0.15) is 32.6 Å². The number of nitrogens with two attached hydrogens (primary N) is 1. The van der Waals surface area contributed by atoms with Gasteiger partial charge in [0.15, 0.2) is 0 Å². The Morgan fingerprint density at radius 2 is 2.19 bits per heavy atom.